The first-order valence-corrected chi connectivity index (χ1v) is 10.00. The number of rotatable bonds is 4. The highest BCUT2D eigenvalue weighted by Gasteiger charge is 2.45. The quantitative estimate of drug-likeness (QED) is 0.734. The predicted octanol–water partition coefficient (Wildman–Crippen LogP) is 3.84. The molecule has 144 valence electrons. The van der Waals surface area contributed by atoms with Crippen molar-refractivity contribution in [3.05, 3.63) is 34.4 Å². The second-order valence-electron chi connectivity index (χ2n) is 7.61. The second kappa shape index (κ2) is 7.55. The highest BCUT2D eigenvalue weighted by molar-refractivity contribution is 6.32. The van der Waals surface area contributed by atoms with Crippen molar-refractivity contribution < 1.29 is 19.1 Å². The number of methoxy groups -OCH3 is 1. The number of carbonyl (C=O) groups excluding carboxylic acids is 2. The van der Waals surface area contributed by atoms with E-state index in [2.05, 4.69) is 0 Å². The van der Waals surface area contributed by atoms with Gasteiger partial charge >= 0.3 is 5.97 Å². The molecule has 2 atom stereocenters. The average Bonchev–Trinajstić information content (AvgIpc) is 3.01. The lowest BCUT2D eigenvalue weighted by Crippen LogP contribution is -2.46. The molecule has 2 heterocycles. The van der Waals surface area contributed by atoms with E-state index in [1.165, 1.54) is 26.4 Å². The van der Waals surface area contributed by atoms with Crippen LogP contribution in [0.2, 0.25) is 5.02 Å². The Hall–Kier alpha value is -2.01. The van der Waals surface area contributed by atoms with Crippen molar-refractivity contribution in [3.63, 3.8) is 0 Å². The fourth-order valence-electron chi connectivity index (χ4n) is 4.48. The van der Waals surface area contributed by atoms with Crippen LogP contribution in [0.1, 0.15) is 44.1 Å². The molecule has 1 amide bonds. The van der Waals surface area contributed by atoms with Crippen molar-refractivity contribution in [2.24, 2.45) is 5.92 Å². The molecule has 2 aliphatic heterocycles. The molecule has 1 aromatic carbocycles. The number of esters is 1. The largest absolute Gasteiger partial charge is 0.475 e. The summed E-state index contributed by atoms with van der Waals surface area (Å²) in [5.74, 6) is 0.551. The molecule has 1 aliphatic carbocycles. The summed E-state index contributed by atoms with van der Waals surface area (Å²) in [5.41, 5.74) is 1.64. The third-order valence-electron chi connectivity index (χ3n) is 5.92. The van der Waals surface area contributed by atoms with Crippen LogP contribution in [-0.2, 0) is 14.3 Å². The van der Waals surface area contributed by atoms with E-state index in [0.717, 1.165) is 24.0 Å². The number of ether oxygens (including phenoxy) is 2. The Bertz CT molecular complexity index is 784. The van der Waals surface area contributed by atoms with Crippen LogP contribution in [0.5, 0.6) is 5.75 Å². The van der Waals surface area contributed by atoms with Gasteiger partial charge in [-0.15, -0.1) is 0 Å². The van der Waals surface area contributed by atoms with Crippen LogP contribution in [0.4, 0.5) is 0 Å². The van der Waals surface area contributed by atoms with Gasteiger partial charge in [0.05, 0.1) is 12.1 Å². The topological polar surface area (TPSA) is 55.8 Å². The molecule has 1 saturated heterocycles. The Kier molecular flexibility index (Phi) is 5.13. The van der Waals surface area contributed by atoms with Gasteiger partial charge in [0.15, 0.2) is 6.10 Å². The normalized spacial score (nSPS) is 23.2. The molecule has 4 rings (SSSR count). The molecule has 2 fully saturated rings. The van der Waals surface area contributed by atoms with Crippen LogP contribution < -0.4 is 4.74 Å². The molecule has 0 radical (unpaired) electrons. The Morgan fingerprint density at radius 1 is 1.33 bits per heavy atom. The summed E-state index contributed by atoms with van der Waals surface area (Å²) in [6.07, 6.45) is 7.77. The zero-order valence-electron chi connectivity index (χ0n) is 15.4. The number of hydrogen-bond acceptors (Lipinski definition) is 4. The van der Waals surface area contributed by atoms with E-state index in [0.29, 0.717) is 29.7 Å². The molecule has 0 bridgehead atoms. The van der Waals surface area contributed by atoms with Gasteiger partial charge < -0.3 is 14.4 Å². The molecule has 3 aliphatic rings. The molecule has 0 N–H and O–H groups in total. The summed E-state index contributed by atoms with van der Waals surface area (Å²) in [6.45, 7) is 0.376. The van der Waals surface area contributed by atoms with E-state index in [-0.39, 0.29) is 11.9 Å². The summed E-state index contributed by atoms with van der Waals surface area (Å²) in [7, 11) is 1.38. The van der Waals surface area contributed by atoms with Gasteiger partial charge in [-0.2, -0.15) is 0 Å². The maximum absolute atomic E-state index is 13.1. The van der Waals surface area contributed by atoms with E-state index < -0.39 is 12.1 Å². The Balaban J connectivity index is 1.58. The van der Waals surface area contributed by atoms with Gasteiger partial charge in [0, 0.05) is 12.1 Å². The number of benzene rings is 1. The van der Waals surface area contributed by atoms with Gasteiger partial charge in [-0.1, -0.05) is 49.8 Å². The van der Waals surface area contributed by atoms with Gasteiger partial charge in [0.1, 0.15) is 11.8 Å². The molecule has 1 aromatic rings. The Morgan fingerprint density at radius 2 is 2.11 bits per heavy atom. The highest BCUT2D eigenvalue weighted by atomic mass is 35.5. The van der Waals surface area contributed by atoms with Crippen LogP contribution in [0.25, 0.3) is 6.08 Å². The maximum Gasteiger partial charge on any atom is 0.328 e. The Labute approximate surface area is 164 Å². The van der Waals surface area contributed by atoms with E-state index in [4.69, 9.17) is 21.1 Å². The first-order valence-electron chi connectivity index (χ1n) is 9.62. The van der Waals surface area contributed by atoms with Crippen LogP contribution >= 0.6 is 11.6 Å². The SMILES string of the molecule is COC(=O)C(CC1CCCCC1)N1CC2=Cc3c(Cl)cccc3OC2C1=O. The number of carbonyl (C=O) groups is 2. The summed E-state index contributed by atoms with van der Waals surface area (Å²) in [5, 5.41) is 0.594. The summed E-state index contributed by atoms with van der Waals surface area (Å²) in [4.78, 5) is 27.2. The number of likely N-dealkylation sites (tertiary alicyclic amines) is 1. The standard InChI is InChI=1S/C21H24ClNO4/c1-26-21(25)17(10-13-6-3-2-4-7-13)23-12-14-11-15-16(22)8-5-9-18(15)27-19(14)20(23)24/h5,8-9,11,13,17,19H,2-4,6-7,10,12H2,1H3. The summed E-state index contributed by atoms with van der Waals surface area (Å²) < 4.78 is 11.0. The molecule has 1 saturated carbocycles. The number of hydrogen-bond donors (Lipinski definition) is 0. The van der Waals surface area contributed by atoms with E-state index in [1.54, 1.807) is 17.0 Å². The van der Waals surface area contributed by atoms with Gasteiger partial charge in [0.2, 0.25) is 0 Å². The fraction of sp³-hybridized carbons (Fsp3) is 0.524. The molecule has 0 aromatic heterocycles. The third-order valence-corrected chi connectivity index (χ3v) is 6.24. The van der Waals surface area contributed by atoms with Gasteiger partial charge in [-0.3, -0.25) is 4.79 Å². The van der Waals surface area contributed by atoms with Crippen molar-refractivity contribution >= 4 is 29.6 Å². The lowest BCUT2D eigenvalue weighted by atomic mass is 9.84. The van der Waals surface area contributed by atoms with Crippen LogP contribution in [0, 0.1) is 5.92 Å². The van der Waals surface area contributed by atoms with Gasteiger partial charge in [-0.05, 0) is 36.1 Å². The minimum absolute atomic E-state index is 0.168. The second-order valence-corrected chi connectivity index (χ2v) is 8.02. The fourth-order valence-corrected chi connectivity index (χ4v) is 4.70. The molecule has 6 heteroatoms. The number of fused-ring (bicyclic) bond motifs is 2. The lowest BCUT2D eigenvalue weighted by molar-refractivity contribution is -0.153. The zero-order valence-corrected chi connectivity index (χ0v) is 16.2. The number of amides is 1. The maximum atomic E-state index is 13.1. The van der Waals surface area contributed by atoms with Crippen molar-refractivity contribution in [2.75, 3.05) is 13.7 Å². The predicted molar refractivity (Wildman–Crippen MR) is 103 cm³/mol. The van der Waals surface area contributed by atoms with Crippen LogP contribution in [0.3, 0.4) is 0 Å². The van der Waals surface area contributed by atoms with Crippen molar-refractivity contribution in [2.45, 2.75) is 50.7 Å². The van der Waals surface area contributed by atoms with Crippen molar-refractivity contribution in [3.8, 4) is 5.75 Å². The van der Waals surface area contributed by atoms with Crippen molar-refractivity contribution in [1.29, 1.82) is 0 Å². The molecular weight excluding hydrogens is 366 g/mol. The minimum atomic E-state index is -0.672. The number of halogens is 1. The first kappa shape index (κ1) is 18.4. The lowest BCUT2D eigenvalue weighted by Gasteiger charge is -2.30. The zero-order chi connectivity index (χ0) is 19.0. The monoisotopic (exact) mass is 389 g/mol. The number of nitrogens with zero attached hydrogens (tertiary/aromatic N) is 1. The smallest absolute Gasteiger partial charge is 0.328 e. The summed E-state index contributed by atoms with van der Waals surface area (Å²) in [6, 6.07) is 4.86. The first-order chi connectivity index (χ1) is 13.1. The highest BCUT2D eigenvalue weighted by Crippen LogP contribution is 2.39. The van der Waals surface area contributed by atoms with E-state index in [1.807, 2.05) is 12.1 Å². The molecular formula is C21H24ClNO4. The van der Waals surface area contributed by atoms with Crippen molar-refractivity contribution in [1.82, 2.24) is 4.90 Å². The van der Waals surface area contributed by atoms with E-state index in [9.17, 15) is 9.59 Å². The molecule has 5 nitrogen and oxygen atoms in total. The summed E-state index contributed by atoms with van der Waals surface area (Å²) >= 11 is 6.27. The third kappa shape index (κ3) is 3.45. The average molecular weight is 390 g/mol. The Morgan fingerprint density at radius 3 is 2.85 bits per heavy atom. The minimum Gasteiger partial charge on any atom is -0.475 e. The molecule has 2 unspecified atom stereocenters. The molecule has 27 heavy (non-hydrogen) atoms. The van der Waals surface area contributed by atoms with Crippen LogP contribution in [0.15, 0.2) is 23.8 Å². The van der Waals surface area contributed by atoms with Gasteiger partial charge in [0.25, 0.3) is 5.91 Å². The van der Waals surface area contributed by atoms with E-state index >= 15 is 0 Å². The van der Waals surface area contributed by atoms with Gasteiger partial charge in [-0.25, -0.2) is 4.79 Å². The van der Waals surface area contributed by atoms with Crippen LogP contribution in [-0.4, -0.2) is 42.6 Å². The molecule has 0 spiro atoms.